The summed E-state index contributed by atoms with van der Waals surface area (Å²) in [7, 11) is 0. The van der Waals surface area contributed by atoms with Crippen LogP contribution in [0.25, 0.3) is 0 Å². The van der Waals surface area contributed by atoms with Crippen molar-refractivity contribution in [1.29, 1.82) is 0 Å². The van der Waals surface area contributed by atoms with Crippen molar-refractivity contribution >= 4 is 5.97 Å². The van der Waals surface area contributed by atoms with Gasteiger partial charge in [-0.25, -0.2) is 0 Å². The lowest BCUT2D eigenvalue weighted by Gasteiger charge is -2.28. The third kappa shape index (κ3) is 3.29. The van der Waals surface area contributed by atoms with Crippen LogP contribution in [0.5, 0.6) is 0 Å². The van der Waals surface area contributed by atoms with Crippen molar-refractivity contribution in [3.63, 3.8) is 0 Å². The maximum atomic E-state index is 11.5. The lowest BCUT2D eigenvalue weighted by atomic mass is 9.81. The zero-order chi connectivity index (χ0) is 10.4. The van der Waals surface area contributed by atoms with Crippen LogP contribution in [0, 0.1) is 5.92 Å². The molecule has 3 nitrogen and oxygen atoms in total. The van der Waals surface area contributed by atoms with Gasteiger partial charge in [-0.15, -0.1) is 0 Å². The third-order valence-electron chi connectivity index (χ3n) is 2.82. The fourth-order valence-corrected chi connectivity index (χ4v) is 1.81. The van der Waals surface area contributed by atoms with Crippen LogP contribution in [0.4, 0.5) is 0 Å². The van der Waals surface area contributed by atoms with Gasteiger partial charge in [-0.3, -0.25) is 4.79 Å². The number of hydrogen-bond donors (Lipinski definition) is 1. The van der Waals surface area contributed by atoms with Crippen molar-refractivity contribution in [2.75, 3.05) is 13.2 Å². The van der Waals surface area contributed by atoms with Crippen LogP contribution in [0.15, 0.2) is 0 Å². The summed E-state index contributed by atoms with van der Waals surface area (Å²) in [5.74, 6) is 0.657. The van der Waals surface area contributed by atoms with Crippen molar-refractivity contribution in [3.05, 3.63) is 0 Å². The summed E-state index contributed by atoms with van der Waals surface area (Å²) in [5.41, 5.74) is 0. The number of rotatable bonds is 6. The SMILES string of the molecule is CCNC(CC1CCC1)C(=O)OCC. The molecule has 1 atom stereocenters. The van der Waals surface area contributed by atoms with E-state index in [2.05, 4.69) is 5.32 Å². The van der Waals surface area contributed by atoms with Gasteiger partial charge in [0, 0.05) is 0 Å². The Kier molecular flexibility index (Phi) is 4.94. The summed E-state index contributed by atoms with van der Waals surface area (Å²) in [6.45, 7) is 5.18. The van der Waals surface area contributed by atoms with Gasteiger partial charge in [0.25, 0.3) is 0 Å². The van der Waals surface area contributed by atoms with E-state index in [1.807, 2.05) is 13.8 Å². The zero-order valence-electron chi connectivity index (χ0n) is 9.21. The molecule has 1 unspecified atom stereocenters. The second-order valence-electron chi connectivity index (χ2n) is 3.89. The molecule has 0 aromatic rings. The van der Waals surface area contributed by atoms with Gasteiger partial charge < -0.3 is 10.1 Å². The van der Waals surface area contributed by atoms with Crippen molar-refractivity contribution < 1.29 is 9.53 Å². The van der Waals surface area contributed by atoms with E-state index in [0.29, 0.717) is 6.61 Å². The molecule has 14 heavy (non-hydrogen) atoms. The highest BCUT2D eigenvalue weighted by molar-refractivity contribution is 5.75. The molecule has 0 saturated heterocycles. The molecule has 0 aromatic heterocycles. The second-order valence-corrected chi connectivity index (χ2v) is 3.89. The molecular formula is C11H21NO2. The smallest absolute Gasteiger partial charge is 0.323 e. The van der Waals surface area contributed by atoms with Crippen LogP contribution in [0.3, 0.4) is 0 Å². The molecule has 1 rings (SSSR count). The lowest BCUT2D eigenvalue weighted by molar-refractivity contribution is -0.146. The molecule has 0 radical (unpaired) electrons. The van der Waals surface area contributed by atoms with Gasteiger partial charge in [0.2, 0.25) is 0 Å². The highest BCUT2D eigenvalue weighted by Gasteiger charge is 2.26. The van der Waals surface area contributed by atoms with Gasteiger partial charge in [0.15, 0.2) is 0 Å². The first-order valence-electron chi connectivity index (χ1n) is 5.68. The Morgan fingerprint density at radius 2 is 2.21 bits per heavy atom. The summed E-state index contributed by atoms with van der Waals surface area (Å²) < 4.78 is 5.02. The minimum Gasteiger partial charge on any atom is -0.465 e. The zero-order valence-corrected chi connectivity index (χ0v) is 9.21. The summed E-state index contributed by atoms with van der Waals surface area (Å²) >= 11 is 0. The molecule has 1 saturated carbocycles. The number of ether oxygens (including phenoxy) is 1. The molecule has 1 aliphatic carbocycles. The quantitative estimate of drug-likeness (QED) is 0.662. The molecule has 3 heteroatoms. The number of likely N-dealkylation sites (N-methyl/N-ethyl adjacent to an activating group) is 1. The molecule has 1 N–H and O–H groups in total. The van der Waals surface area contributed by atoms with Gasteiger partial charge in [0.1, 0.15) is 6.04 Å². The number of esters is 1. The minimum atomic E-state index is -0.0822. The molecule has 0 spiro atoms. The summed E-state index contributed by atoms with van der Waals surface area (Å²) in [6.07, 6.45) is 4.83. The summed E-state index contributed by atoms with van der Waals surface area (Å²) in [4.78, 5) is 11.5. The third-order valence-corrected chi connectivity index (χ3v) is 2.82. The van der Waals surface area contributed by atoms with Crippen molar-refractivity contribution in [3.8, 4) is 0 Å². The Bertz CT molecular complexity index is 178. The lowest BCUT2D eigenvalue weighted by Crippen LogP contribution is -2.40. The van der Waals surface area contributed by atoms with E-state index in [-0.39, 0.29) is 12.0 Å². The highest BCUT2D eigenvalue weighted by atomic mass is 16.5. The average molecular weight is 199 g/mol. The van der Waals surface area contributed by atoms with Crippen LogP contribution in [0.1, 0.15) is 39.5 Å². The number of nitrogens with one attached hydrogen (secondary N) is 1. The highest BCUT2D eigenvalue weighted by Crippen LogP contribution is 2.30. The number of hydrogen-bond acceptors (Lipinski definition) is 3. The van der Waals surface area contributed by atoms with Crippen LogP contribution in [-0.4, -0.2) is 25.2 Å². The Labute approximate surface area is 86.2 Å². The van der Waals surface area contributed by atoms with E-state index < -0.39 is 0 Å². The van der Waals surface area contributed by atoms with E-state index in [0.717, 1.165) is 18.9 Å². The Morgan fingerprint density at radius 1 is 1.50 bits per heavy atom. The largest absolute Gasteiger partial charge is 0.465 e. The maximum absolute atomic E-state index is 11.5. The topological polar surface area (TPSA) is 38.3 Å². The predicted molar refractivity (Wildman–Crippen MR) is 56.1 cm³/mol. The molecule has 82 valence electrons. The first-order chi connectivity index (χ1) is 6.77. The fourth-order valence-electron chi connectivity index (χ4n) is 1.81. The van der Waals surface area contributed by atoms with Crippen LogP contribution in [0.2, 0.25) is 0 Å². The van der Waals surface area contributed by atoms with Crippen molar-refractivity contribution in [1.82, 2.24) is 5.32 Å². The molecule has 1 fully saturated rings. The van der Waals surface area contributed by atoms with Crippen molar-refractivity contribution in [2.45, 2.75) is 45.6 Å². The molecular weight excluding hydrogens is 178 g/mol. The van der Waals surface area contributed by atoms with Gasteiger partial charge in [-0.2, -0.15) is 0 Å². The first kappa shape index (κ1) is 11.5. The van der Waals surface area contributed by atoms with Gasteiger partial charge >= 0.3 is 5.97 Å². The maximum Gasteiger partial charge on any atom is 0.323 e. The van der Waals surface area contributed by atoms with Gasteiger partial charge in [-0.1, -0.05) is 26.2 Å². The molecule has 0 amide bonds. The monoisotopic (exact) mass is 199 g/mol. The van der Waals surface area contributed by atoms with E-state index in [4.69, 9.17) is 4.74 Å². The summed E-state index contributed by atoms with van der Waals surface area (Å²) in [5, 5.41) is 3.19. The first-order valence-corrected chi connectivity index (χ1v) is 5.68. The molecule has 0 aliphatic heterocycles. The van der Waals surface area contributed by atoms with E-state index >= 15 is 0 Å². The molecule has 1 aliphatic rings. The van der Waals surface area contributed by atoms with Crippen molar-refractivity contribution in [2.24, 2.45) is 5.92 Å². The normalized spacial score (nSPS) is 18.7. The fraction of sp³-hybridized carbons (Fsp3) is 0.909. The predicted octanol–water partition coefficient (Wildman–Crippen LogP) is 1.72. The van der Waals surface area contributed by atoms with Gasteiger partial charge in [-0.05, 0) is 25.8 Å². The Hall–Kier alpha value is -0.570. The number of carbonyl (C=O) groups is 1. The standard InChI is InChI=1S/C11H21NO2/c1-3-12-10(11(13)14-4-2)8-9-6-5-7-9/h9-10,12H,3-8H2,1-2H3. The van der Waals surface area contributed by atoms with E-state index in [9.17, 15) is 4.79 Å². The Balaban J connectivity index is 2.32. The van der Waals surface area contributed by atoms with Crippen LogP contribution >= 0.6 is 0 Å². The average Bonchev–Trinajstić information content (AvgIpc) is 2.09. The van der Waals surface area contributed by atoms with Crippen LogP contribution < -0.4 is 5.32 Å². The van der Waals surface area contributed by atoms with Gasteiger partial charge in [0.05, 0.1) is 6.61 Å². The van der Waals surface area contributed by atoms with Crippen LogP contribution in [-0.2, 0) is 9.53 Å². The second kappa shape index (κ2) is 6.02. The summed E-state index contributed by atoms with van der Waals surface area (Å²) in [6, 6.07) is -0.0785. The molecule has 0 bridgehead atoms. The molecule has 0 aromatic carbocycles. The molecule has 0 heterocycles. The minimum absolute atomic E-state index is 0.0785. The number of carbonyl (C=O) groups excluding carboxylic acids is 1. The van der Waals surface area contributed by atoms with E-state index in [1.54, 1.807) is 0 Å². The van der Waals surface area contributed by atoms with E-state index in [1.165, 1.54) is 19.3 Å². The Morgan fingerprint density at radius 3 is 2.64 bits per heavy atom.